The smallest absolute Gasteiger partial charge is 0.289 e. The van der Waals surface area contributed by atoms with Gasteiger partial charge in [0.25, 0.3) is 11.7 Å². The lowest BCUT2D eigenvalue weighted by Gasteiger charge is -2.09. The van der Waals surface area contributed by atoms with Crippen LogP contribution in [0.3, 0.4) is 0 Å². The van der Waals surface area contributed by atoms with Gasteiger partial charge in [0.1, 0.15) is 0 Å². The molecule has 0 radical (unpaired) electrons. The van der Waals surface area contributed by atoms with Crippen LogP contribution in [0.2, 0.25) is 0 Å². The van der Waals surface area contributed by atoms with Crippen LogP contribution in [-0.2, 0) is 17.8 Å². The fourth-order valence-electron chi connectivity index (χ4n) is 2.51. The predicted octanol–water partition coefficient (Wildman–Crippen LogP) is 0.514. The number of aryl methyl sites for hydroxylation is 2. The average Bonchev–Trinajstić information content (AvgIpc) is 3.17. The van der Waals surface area contributed by atoms with E-state index in [2.05, 4.69) is 25.5 Å². The molecule has 0 bridgehead atoms. The third-order valence-electron chi connectivity index (χ3n) is 3.66. The Labute approximate surface area is 138 Å². The van der Waals surface area contributed by atoms with Gasteiger partial charge < -0.3 is 14.6 Å². The molecule has 3 aromatic heterocycles. The highest BCUT2D eigenvalue weighted by Gasteiger charge is 2.17. The molecule has 0 unspecified atom stereocenters. The van der Waals surface area contributed by atoms with Gasteiger partial charge in [-0.25, -0.2) is 9.97 Å². The second kappa shape index (κ2) is 6.75. The van der Waals surface area contributed by atoms with E-state index in [-0.39, 0.29) is 11.7 Å². The number of aromatic nitrogens is 6. The Morgan fingerprint density at radius 2 is 2.17 bits per heavy atom. The fourth-order valence-corrected chi connectivity index (χ4v) is 2.51. The van der Waals surface area contributed by atoms with Gasteiger partial charge >= 0.3 is 0 Å². The summed E-state index contributed by atoms with van der Waals surface area (Å²) in [5.41, 5.74) is 2.58. The number of fused-ring (bicyclic) bond motifs is 1. The number of ether oxygens (including phenoxy) is 1. The molecule has 0 fully saturated rings. The van der Waals surface area contributed by atoms with E-state index in [0.717, 1.165) is 17.1 Å². The number of imidazole rings is 1. The first-order valence-corrected chi connectivity index (χ1v) is 7.55. The Balaban J connectivity index is 1.75. The number of hydrogen-bond donors (Lipinski definition) is 1. The van der Waals surface area contributed by atoms with Crippen molar-refractivity contribution < 1.29 is 9.53 Å². The molecule has 0 saturated heterocycles. The summed E-state index contributed by atoms with van der Waals surface area (Å²) < 4.78 is 8.64. The van der Waals surface area contributed by atoms with E-state index in [0.29, 0.717) is 25.5 Å². The van der Waals surface area contributed by atoms with Crippen LogP contribution in [0.5, 0.6) is 0 Å². The summed E-state index contributed by atoms with van der Waals surface area (Å²) in [7, 11) is 1.65. The minimum Gasteiger partial charge on any atom is -0.383 e. The molecule has 1 N–H and O–H groups in total. The summed E-state index contributed by atoms with van der Waals surface area (Å²) in [4.78, 5) is 20.8. The van der Waals surface area contributed by atoms with Crippen molar-refractivity contribution in [2.75, 3.05) is 13.7 Å². The molecule has 0 aliphatic heterocycles. The third-order valence-corrected chi connectivity index (χ3v) is 3.66. The minimum atomic E-state index is -0.309. The van der Waals surface area contributed by atoms with Crippen LogP contribution in [0.15, 0.2) is 18.6 Å². The van der Waals surface area contributed by atoms with E-state index in [9.17, 15) is 4.79 Å². The second-order valence-electron chi connectivity index (χ2n) is 5.45. The molecule has 0 aliphatic rings. The molecule has 3 heterocycles. The number of nitrogens with zero attached hydrogens (tertiary/aromatic N) is 6. The van der Waals surface area contributed by atoms with Gasteiger partial charge in [-0.1, -0.05) is 0 Å². The van der Waals surface area contributed by atoms with Crippen molar-refractivity contribution in [3.63, 3.8) is 0 Å². The molecule has 9 nitrogen and oxygen atoms in total. The SMILES string of the molecule is COCCn1cncc1CNC(=O)c1nnc2nc(C)cc(C)n12. The van der Waals surface area contributed by atoms with E-state index in [1.165, 1.54) is 0 Å². The normalized spacial score (nSPS) is 11.1. The summed E-state index contributed by atoms with van der Waals surface area (Å²) in [6, 6.07) is 1.88. The molecular weight excluding hydrogens is 310 g/mol. The Morgan fingerprint density at radius 3 is 2.96 bits per heavy atom. The number of carbonyl (C=O) groups excluding carboxylic acids is 1. The van der Waals surface area contributed by atoms with Crippen molar-refractivity contribution >= 4 is 11.7 Å². The molecule has 3 aromatic rings. The van der Waals surface area contributed by atoms with E-state index in [4.69, 9.17) is 4.74 Å². The molecule has 0 spiro atoms. The van der Waals surface area contributed by atoms with Crippen molar-refractivity contribution in [1.29, 1.82) is 0 Å². The van der Waals surface area contributed by atoms with Gasteiger partial charge in [0.2, 0.25) is 5.82 Å². The number of rotatable bonds is 6. The number of nitrogens with one attached hydrogen (secondary N) is 1. The lowest BCUT2D eigenvalue weighted by Crippen LogP contribution is -2.26. The lowest BCUT2D eigenvalue weighted by molar-refractivity contribution is 0.0938. The molecule has 24 heavy (non-hydrogen) atoms. The van der Waals surface area contributed by atoms with Crippen LogP contribution in [0.25, 0.3) is 5.78 Å². The second-order valence-corrected chi connectivity index (χ2v) is 5.45. The van der Waals surface area contributed by atoms with Crippen LogP contribution in [0.1, 0.15) is 27.7 Å². The van der Waals surface area contributed by atoms with Crippen molar-refractivity contribution in [3.05, 3.63) is 41.5 Å². The zero-order valence-corrected chi connectivity index (χ0v) is 13.9. The first-order valence-electron chi connectivity index (χ1n) is 7.55. The van der Waals surface area contributed by atoms with Gasteiger partial charge in [0.15, 0.2) is 0 Å². The topological polar surface area (TPSA) is 99.2 Å². The highest BCUT2D eigenvalue weighted by molar-refractivity contribution is 5.91. The van der Waals surface area contributed by atoms with E-state index in [1.807, 2.05) is 24.5 Å². The summed E-state index contributed by atoms with van der Waals surface area (Å²) in [6.07, 6.45) is 3.43. The molecule has 126 valence electrons. The van der Waals surface area contributed by atoms with Gasteiger partial charge in [-0.2, -0.15) is 0 Å². The standard InChI is InChI=1S/C15H19N7O2/c1-10-6-11(2)22-13(19-20-15(22)18-10)14(23)17-8-12-7-16-9-21(12)4-5-24-3/h6-7,9H,4-5,8H2,1-3H3,(H,17,23). The van der Waals surface area contributed by atoms with Gasteiger partial charge in [-0.05, 0) is 19.9 Å². The first kappa shape index (κ1) is 16.1. The maximum atomic E-state index is 12.5. The zero-order chi connectivity index (χ0) is 17.1. The molecular formula is C15H19N7O2. The maximum absolute atomic E-state index is 12.5. The Hall–Kier alpha value is -2.81. The van der Waals surface area contributed by atoms with Crippen molar-refractivity contribution in [2.24, 2.45) is 0 Å². The van der Waals surface area contributed by atoms with Gasteiger partial charge in [0.05, 0.1) is 25.2 Å². The highest BCUT2D eigenvalue weighted by Crippen LogP contribution is 2.08. The lowest BCUT2D eigenvalue weighted by atomic mass is 10.3. The van der Waals surface area contributed by atoms with Crippen LogP contribution in [0.4, 0.5) is 0 Å². The minimum absolute atomic E-state index is 0.220. The van der Waals surface area contributed by atoms with Gasteiger partial charge in [-0.15, -0.1) is 10.2 Å². The Kier molecular flexibility index (Phi) is 4.52. The maximum Gasteiger partial charge on any atom is 0.289 e. The predicted molar refractivity (Wildman–Crippen MR) is 85.5 cm³/mol. The number of hydrogen-bond acceptors (Lipinski definition) is 6. The first-order chi connectivity index (χ1) is 11.6. The number of amides is 1. The van der Waals surface area contributed by atoms with Crippen molar-refractivity contribution in [3.8, 4) is 0 Å². The molecule has 1 amide bonds. The van der Waals surface area contributed by atoms with Crippen LogP contribution in [0, 0.1) is 13.8 Å². The Morgan fingerprint density at radius 1 is 1.33 bits per heavy atom. The van der Waals surface area contributed by atoms with Crippen molar-refractivity contribution in [1.82, 2.24) is 34.4 Å². The van der Waals surface area contributed by atoms with Crippen LogP contribution in [-0.4, -0.2) is 48.8 Å². The van der Waals surface area contributed by atoms with E-state index in [1.54, 1.807) is 24.0 Å². The summed E-state index contributed by atoms with van der Waals surface area (Å²) >= 11 is 0. The molecule has 0 aromatic carbocycles. The molecule has 0 saturated carbocycles. The van der Waals surface area contributed by atoms with E-state index < -0.39 is 0 Å². The summed E-state index contributed by atoms with van der Waals surface area (Å²) in [5.74, 6) is 0.330. The average molecular weight is 329 g/mol. The van der Waals surface area contributed by atoms with Gasteiger partial charge in [0, 0.05) is 31.2 Å². The highest BCUT2D eigenvalue weighted by atomic mass is 16.5. The fraction of sp³-hybridized carbons (Fsp3) is 0.400. The van der Waals surface area contributed by atoms with Crippen LogP contribution < -0.4 is 5.32 Å². The third kappa shape index (κ3) is 3.11. The Bertz CT molecular complexity index is 868. The molecule has 0 aliphatic carbocycles. The summed E-state index contributed by atoms with van der Waals surface area (Å²) in [5, 5.41) is 10.8. The molecule has 0 atom stereocenters. The molecule has 9 heteroatoms. The van der Waals surface area contributed by atoms with Gasteiger partial charge in [-0.3, -0.25) is 9.20 Å². The van der Waals surface area contributed by atoms with Crippen molar-refractivity contribution in [2.45, 2.75) is 26.9 Å². The number of methoxy groups -OCH3 is 1. The zero-order valence-electron chi connectivity index (χ0n) is 13.9. The van der Waals surface area contributed by atoms with Crippen LogP contribution >= 0.6 is 0 Å². The molecule has 3 rings (SSSR count). The monoisotopic (exact) mass is 329 g/mol. The summed E-state index contributed by atoms with van der Waals surface area (Å²) in [6.45, 7) is 5.37. The number of carbonyl (C=O) groups is 1. The quantitative estimate of drug-likeness (QED) is 0.707. The van der Waals surface area contributed by atoms with E-state index >= 15 is 0 Å². The largest absolute Gasteiger partial charge is 0.383 e.